The van der Waals surface area contributed by atoms with E-state index in [1.807, 2.05) is 0 Å². The first-order valence-electron chi connectivity index (χ1n) is 8.17. The summed E-state index contributed by atoms with van der Waals surface area (Å²) in [5.74, 6) is 0. The predicted molar refractivity (Wildman–Crippen MR) is 77.2 cm³/mol. The van der Waals surface area contributed by atoms with E-state index in [0.717, 1.165) is 25.4 Å². The Kier molecular flexibility index (Phi) is 3.95. The van der Waals surface area contributed by atoms with E-state index in [-0.39, 0.29) is 5.41 Å². The minimum atomic E-state index is -0.00883. The van der Waals surface area contributed by atoms with Crippen LogP contribution in [-0.4, -0.2) is 54.3 Å². The highest BCUT2D eigenvalue weighted by Crippen LogP contribution is 2.38. The van der Waals surface area contributed by atoms with Crippen molar-refractivity contribution in [2.75, 3.05) is 26.2 Å². The summed E-state index contributed by atoms with van der Waals surface area (Å²) in [6.07, 6.45) is 10.1. The number of fused-ring (bicyclic) bond motifs is 1. The highest BCUT2D eigenvalue weighted by Gasteiger charge is 2.40. The summed E-state index contributed by atoms with van der Waals surface area (Å²) in [6.45, 7) is 7.05. The van der Waals surface area contributed by atoms with Crippen molar-refractivity contribution in [2.45, 2.75) is 64.0 Å². The molecule has 2 heterocycles. The first-order chi connectivity index (χ1) is 9.22. The molecule has 2 unspecified atom stereocenters. The third kappa shape index (κ3) is 2.73. The number of hydrogen-bond donors (Lipinski definition) is 0. The standard InChI is InChI=1S/C16H28N2O/c1-14-10-17-9-5-2-6-15(17)11-18(14)12-16(13-19)7-3-4-8-16/h13-15H,2-12H2,1H3. The van der Waals surface area contributed by atoms with Gasteiger partial charge in [0.1, 0.15) is 6.29 Å². The maximum Gasteiger partial charge on any atom is 0.127 e. The van der Waals surface area contributed by atoms with Crippen LogP contribution >= 0.6 is 0 Å². The first-order valence-corrected chi connectivity index (χ1v) is 8.17. The van der Waals surface area contributed by atoms with Gasteiger partial charge < -0.3 is 4.79 Å². The molecule has 2 aliphatic heterocycles. The van der Waals surface area contributed by atoms with E-state index in [1.54, 1.807) is 0 Å². The van der Waals surface area contributed by atoms with E-state index in [4.69, 9.17) is 0 Å². The molecule has 2 saturated heterocycles. The lowest BCUT2D eigenvalue weighted by molar-refractivity contribution is -0.118. The van der Waals surface area contributed by atoms with E-state index in [0.29, 0.717) is 6.04 Å². The highest BCUT2D eigenvalue weighted by molar-refractivity contribution is 5.60. The molecule has 3 fully saturated rings. The fourth-order valence-corrected chi connectivity index (χ4v) is 4.43. The lowest BCUT2D eigenvalue weighted by Gasteiger charge is -2.49. The van der Waals surface area contributed by atoms with Gasteiger partial charge in [-0.25, -0.2) is 0 Å². The third-order valence-electron chi connectivity index (χ3n) is 5.68. The van der Waals surface area contributed by atoms with Crippen LogP contribution in [-0.2, 0) is 4.79 Å². The molecule has 3 nitrogen and oxygen atoms in total. The summed E-state index contributed by atoms with van der Waals surface area (Å²) < 4.78 is 0. The van der Waals surface area contributed by atoms with Crippen molar-refractivity contribution in [3.63, 3.8) is 0 Å². The predicted octanol–water partition coefficient (Wildman–Crippen LogP) is 2.30. The van der Waals surface area contributed by atoms with Crippen molar-refractivity contribution in [2.24, 2.45) is 5.41 Å². The SMILES string of the molecule is CC1CN2CCCCC2CN1CC1(C=O)CCCC1. The summed E-state index contributed by atoms with van der Waals surface area (Å²) in [5, 5.41) is 0. The summed E-state index contributed by atoms with van der Waals surface area (Å²) in [5.41, 5.74) is -0.00883. The van der Waals surface area contributed by atoms with Gasteiger partial charge in [0.15, 0.2) is 0 Å². The van der Waals surface area contributed by atoms with Gasteiger partial charge in [-0.15, -0.1) is 0 Å². The van der Waals surface area contributed by atoms with Gasteiger partial charge in [0.25, 0.3) is 0 Å². The quantitative estimate of drug-likeness (QED) is 0.731. The normalized spacial score (nSPS) is 36.1. The molecule has 0 aromatic carbocycles. The van der Waals surface area contributed by atoms with Crippen LogP contribution in [0.5, 0.6) is 0 Å². The van der Waals surface area contributed by atoms with E-state index in [9.17, 15) is 4.79 Å². The van der Waals surface area contributed by atoms with Crippen molar-refractivity contribution < 1.29 is 4.79 Å². The first kappa shape index (κ1) is 13.6. The number of rotatable bonds is 3. The average molecular weight is 264 g/mol. The Balaban J connectivity index is 1.65. The molecule has 0 aromatic heterocycles. The zero-order valence-electron chi connectivity index (χ0n) is 12.3. The number of carbonyl (C=O) groups excluding carboxylic acids is 1. The fraction of sp³-hybridized carbons (Fsp3) is 0.938. The lowest BCUT2D eigenvalue weighted by Crippen LogP contribution is -2.60. The topological polar surface area (TPSA) is 23.6 Å². The number of hydrogen-bond acceptors (Lipinski definition) is 3. The fourth-order valence-electron chi connectivity index (χ4n) is 4.43. The third-order valence-corrected chi connectivity index (χ3v) is 5.68. The Morgan fingerprint density at radius 1 is 1.16 bits per heavy atom. The number of nitrogens with zero attached hydrogens (tertiary/aromatic N) is 2. The number of aldehydes is 1. The minimum Gasteiger partial charge on any atom is -0.303 e. The van der Waals surface area contributed by atoms with E-state index in [2.05, 4.69) is 16.7 Å². The molecule has 3 aliphatic rings. The van der Waals surface area contributed by atoms with E-state index >= 15 is 0 Å². The number of piperazine rings is 1. The monoisotopic (exact) mass is 264 g/mol. The van der Waals surface area contributed by atoms with Crippen LogP contribution < -0.4 is 0 Å². The van der Waals surface area contributed by atoms with Gasteiger partial charge in [0.05, 0.1) is 0 Å². The van der Waals surface area contributed by atoms with Gasteiger partial charge in [0.2, 0.25) is 0 Å². The molecule has 0 spiro atoms. The van der Waals surface area contributed by atoms with Crippen molar-refractivity contribution in [3.8, 4) is 0 Å². The summed E-state index contributed by atoms with van der Waals surface area (Å²) in [4.78, 5) is 16.9. The molecule has 0 amide bonds. The van der Waals surface area contributed by atoms with Crippen LogP contribution in [0.4, 0.5) is 0 Å². The smallest absolute Gasteiger partial charge is 0.127 e. The molecule has 0 N–H and O–H groups in total. The van der Waals surface area contributed by atoms with Gasteiger partial charge in [-0.05, 0) is 39.2 Å². The van der Waals surface area contributed by atoms with Gasteiger partial charge in [-0.1, -0.05) is 19.3 Å². The van der Waals surface area contributed by atoms with Gasteiger partial charge in [0, 0.05) is 37.1 Å². The van der Waals surface area contributed by atoms with Crippen LogP contribution in [0, 0.1) is 5.41 Å². The van der Waals surface area contributed by atoms with Crippen LogP contribution in [0.25, 0.3) is 0 Å². The molecule has 108 valence electrons. The second kappa shape index (κ2) is 5.53. The number of piperidine rings is 1. The second-order valence-corrected chi connectivity index (χ2v) is 7.11. The Morgan fingerprint density at radius 3 is 2.68 bits per heavy atom. The van der Waals surface area contributed by atoms with Gasteiger partial charge in [-0.3, -0.25) is 9.80 Å². The van der Waals surface area contributed by atoms with Crippen molar-refractivity contribution in [1.29, 1.82) is 0 Å². The molecular weight excluding hydrogens is 236 g/mol. The van der Waals surface area contributed by atoms with Crippen LogP contribution in [0.15, 0.2) is 0 Å². The maximum absolute atomic E-state index is 11.6. The van der Waals surface area contributed by atoms with E-state index < -0.39 is 0 Å². The molecule has 0 bridgehead atoms. The molecule has 1 saturated carbocycles. The molecule has 0 aromatic rings. The largest absolute Gasteiger partial charge is 0.303 e. The lowest BCUT2D eigenvalue weighted by atomic mass is 9.86. The molecule has 3 rings (SSSR count). The molecule has 3 heteroatoms. The van der Waals surface area contributed by atoms with Crippen molar-refractivity contribution in [1.82, 2.24) is 9.80 Å². The van der Waals surface area contributed by atoms with Gasteiger partial charge in [-0.2, -0.15) is 0 Å². The summed E-state index contributed by atoms with van der Waals surface area (Å²) >= 11 is 0. The zero-order valence-corrected chi connectivity index (χ0v) is 12.3. The summed E-state index contributed by atoms with van der Waals surface area (Å²) in [7, 11) is 0. The van der Waals surface area contributed by atoms with Crippen LogP contribution in [0.1, 0.15) is 51.9 Å². The summed E-state index contributed by atoms with van der Waals surface area (Å²) in [6, 6.07) is 1.38. The highest BCUT2D eigenvalue weighted by atomic mass is 16.1. The Hall–Kier alpha value is -0.410. The molecule has 0 radical (unpaired) electrons. The molecular formula is C16H28N2O. The minimum absolute atomic E-state index is 0.00883. The average Bonchev–Trinajstić information content (AvgIpc) is 2.89. The molecule has 2 atom stereocenters. The van der Waals surface area contributed by atoms with Gasteiger partial charge >= 0.3 is 0 Å². The Bertz CT molecular complexity index is 325. The van der Waals surface area contributed by atoms with E-state index in [1.165, 1.54) is 58.0 Å². The van der Waals surface area contributed by atoms with Crippen molar-refractivity contribution >= 4 is 6.29 Å². The molecule has 1 aliphatic carbocycles. The number of carbonyl (C=O) groups is 1. The molecule has 19 heavy (non-hydrogen) atoms. The second-order valence-electron chi connectivity index (χ2n) is 7.11. The zero-order chi connectivity index (χ0) is 13.3. The Labute approximate surface area is 117 Å². The van der Waals surface area contributed by atoms with Crippen molar-refractivity contribution in [3.05, 3.63) is 0 Å². The Morgan fingerprint density at radius 2 is 1.95 bits per heavy atom. The van der Waals surface area contributed by atoms with Crippen LogP contribution in [0.3, 0.4) is 0 Å². The maximum atomic E-state index is 11.6. The van der Waals surface area contributed by atoms with Crippen LogP contribution in [0.2, 0.25) is 0 Å².